The number of ether oxygens (including phenoxy) is 1. The summed E-state index contributed by atoms with van der Waals surface area (Å²) < 4.78 is 19.0. The molecule has 4 rings (SSSR count). The van der Waals surface area contributed by atoms with Gasteiger partial charge >= 0.3 is 0 Å². The van der Waals surface area contributed by atoms with Crippen molar-refractivity contribution in [2.75, 3.05) is 44.7 Å². The maximum Gasteiger partial charge on any atom is 0.256 e. The summed E-state index contributed by atoms with van der Waals surface area (Å²) in [6.07, 6.45) is 1.14. The maximum atomic E-state index is 13.7. The Morgan fingerprint density at radius 3 is 2.88 bits per heavy atom. The summed E-state index contributed by atoms with van der Waals surface area (Å²) in [5.74, 6) is -1.20. The fourth-order valence-electron chi connectivity index (χ4n) is 4.89. The van der Waals surface area contributed by atoms with E-state index in [9.17, 15) is 19.1 Å². The highest BCUT2D eigenvalue weighted by molar-refractivity contribution is 6.31. The Labute approximate surface area is 187 Å². The Bertz CT molecular complexity index is 902. The van der Waals surface area contributed by atoms with Crippen molar-refractivity contribution in [2.45, 2.75) is 32.0 Å². The summed E-state index contributed by atoms with van der Waals surface area (Å²) in [5, 5.41) is 19.3. The van der Waals surface area contributed by atoms with Gasteiger partial charge in [0.15, 0.2) is 0 Å². The van der Waals surface area contributed by atoms with Gasteiger partial charge in [0.05, 0.1) is 25.2 Å². The zero-order valence-electron chi connectivity index (χ0n) is 18.4. The fourth-order valence-corrected chi connectivity index (χ4v) is 4.89. The predicted molar refractivity (Wildman–Crippen MR) is 118 cm³/mol. The molecule has 5 atom stereocenters. The SMILES string of the molecule is CC1NC(/C=C2\C(=O)Nc3ccc(F)cc32)C(C)C1C(=O)NC[C@H](O)CN1CCOCC1. The van der Waals surface area contributed by atoms with E-state index in [1.807, 2.05) is 13.8 Å². The number of nitrogens with one attached hydrogen (secondary N) is 3. The molecule has 9 heteroatoms. The molecule has 4 unspecified atom stereocenters. The molecule has 174 valence electrons. The minimum absolute atomic E-state index is 0.0840. The molecule has 3 aliphatic rings. The van der Waals surface area contributed by atoms with Crippen LogP contribution in [0, 0.1) is 17.7 Å². The molecule has 32 heavy (non-hydrogen) atoms. The molecule has 3 aliphatic heterocycles. The highest BCUT2D eigenvalue weighted by Crippen LogP contribution is 2.35. The lowest BCUT2D eigenvalue weighted by Gasteiger charge is -2.29. The van der Waals surface area contributed by atoms with Crippen molar-refractivity contribution < 1.29 is 23.8 Å². The molecule has 0 radical (unpaired) electrons. The molecule has 0 saturated carbocycles. The van der Waals surface area contributed by atoms with Gasteiger partial charge in [0.25, 0.3) is 5.91 Å². The lowest BCUT2D eigenvalue weighted by molar-refractivity contribution is -0.126. The van der Waals surface area contributed by atoms with Crippen molar-refractivity contribution >= 4 is 23.1 Å². The molecule has 1 aromatic rings. The van der Waals surface area contributed by atoms with E-state index in [0.717, 1.165) is 13.1 Å². The fraction of sp³-hybridized carbons (Fsp3) is 0.565. The Balaban J connectivity index is 1.37. The number of amides is 2. The van der Waals surface area contributed by atoms with Gasteiger partial charge in [-0.1, -0.05) is 13.0 Å². The molecule has 0 aromatic heterocycles. The van der Waals surface area contributed by atoms with Crippen LogP contribution in [0.25, 0.3) is 5.57 Å². The Morgan fingerprint density at radius 1 is 1.38 bits per heavy atom. The molecule has 2 saturated heterocycles. The molecule has 2 amide bonds. The third kappa shape index (κ3) is 4.85. The molecular weight excluding hydrogens is 415 g/mol. The number of aliphatic hydroxyl groups is 1. The molecule has 3 heterocycles. The smallest absolute Gasteiger partial charge is 0.256 e. The number of carbonyl (C=O) groups is 2. The van der Waals surface area contributed by atoms with Crippen LogP contribution >= 0.6 is 0 Å². The second-order valence-corrected chi connectivity index (χ2v) is 8.90. The quantitative estimate of drug-likeness (QED) is 0.477. The minimum atomic E-state index is -0.650. The van der Waals surface area contributed by atoms with Gasteiger partial charge in [-0.25, -0.2) is 4.39 Å². The van der Waals surface area contributed by atoms with Crippen LogP contribution in [0.4, 0.5) is 10.1 Å². The number of β-amino-alcohol motifs (C(OH)–C–C–N with tert-alkyl or cyclic N) is 1. The third-order valence-electron chi connectivity index (χ3n) is 6.63. The average Bonchev–Trinajstić information content (AvgIpc) is 3.22. The number of rotatable bonds is 6. The normalized spacial score (nSPS) is 30.2. The van der Waals surface area contributed by atoms with Crippen molar-refractivity contribution in [1.82, 2.24) is 15.5 Å². The lowest BCUT2D eigenvalue weighted by atomic mass is 9.87. The molecule has 2 fully saturated rings. The highest BCUT2D eigenvalue weighted by atomic mass is 19.1. The summed E-state index contributed by atoms with van der Waals surface area (Å²) in [5.41, 5.74) is 1.54. The molecule has 4 N–H and O–H groups in total. The van der Waals surface area contributed by atoms with Crippen LogP contribution in [0.3, 0.4) is 0 Å². The van der Waals surface area contributed by atoms with Gasteiger partial charge in [-0.05, 0) is 31.0 Å². The van der Waals surface area contributed by atoms with Gasteiger partial charge < -0.3 is 25.8 Å². The van der Waals surface area contributed by atoms with Gasteiger partial charge in [0.1, 0.15) is 5.82 Å². The van der Waals surface area contributed by atoms with Crippen molar-refractivity contribution in [3.8, 4) is 0 Å². The van der Waals surface area contributed by atoms with E-state index >= 15 is 0 Å². The van der Waals surface area contributed by atoms with E-state index in [1.165, 1.54) is 12.1 Å². The predicted octanol–water partition coefficient (Wildman–Crippen LogP) is 0.583. The number of nitrogens with zero attached hydrogens (tertiary/aromatic N) is 1. The molecule has 0 aliphatic carbocycles. The van der Waals surface area contributed by atoms with Crippen molar-refractivity contribution in [3.05, 3.63) is 35.7 Å². The number of aliphatic hydroxyl groups excluding tert-OH is 1. The van der Waals surface area contributed by atoms with Crippen LogP contribution < -0.4 is 16.0 Å². The second kappa shape index (κ2) is 9.66. The van der Waals surface area contributed by atoms with E-state index in [4.69, 9.17) is 4.74 Å². The zero-order chi connectivity index (χ0) is 22.8. The average molecular weight is 447 g/mol. The minimum Gasteiger partial charge on any atom is -0.390 e. The van der Waals surface area contributed by atoms with Gasteiger partial charge in [-0.15, -0.1) is 0 Å². The second-order valence-electron chi connectivity index (χ2n) is 8.90. The largest absolute Gasteiger partial charge is 0.390 e. The Kier molecular flexibility index (Phi) is 6.90. The lowest BCUT2D eigenvalue weighted by Crippen LogP contribution is -2.46. The van der Waals surface area contributed by atoms with Gasteiger partial charge in [-0.3, -0.25) is 14.5 Å². The monoisotopic (exact) mass is 446 g/mol. The van der Waals surface area contributed by atoms with E-state index in [2.05, 4.69) is 20.9 Å². The first-order valence-electron chi connectivity index (χ1n) is 11.2. The molecule has 1 aromatic carbocycles. The van der Waals surface area contributed by atoms with Crippen LogP contribution in [0.5, 0.6) is 0 Å². The van der Waals surface area contributed by atoms with Gasteiger partial charge in [0.2, 0.25) is 5.91 Å². The van der Waals surface area contributed by atoms with E-state index in [0.29, 0.717) is 36.6 Å². The van der Waals surface area contributed by atoms with Crippen LogP contribution in [0.1, 0.15) is 19.4 Å². The number of benzene rings is 1. The van der Waals surface area contributed by atoms with Crippen molar-refractivity contribution in [1.29, 1.82) is 0 Å². The van der Waals surface area contributed by atoms with Crippen LogP contribution in [0.15, 0.2) is 24.3 Å². The zero-order valence-corrected chi connectivity index (χ0v) is 18.4. The summed E-state index contributed by atoms with van der Waals surface area (Å²) in [7, 11) is 0. The Morgan fingerprint density at radius 2 is 2.12 bits per heavy atom. The number of carbonyl (C=O) groups excluding carboxylic acids is 2. The van der Waals surface area contributed by atoms with Crippen LogP contribution in [-0.2, 0) is 14.3 Å². The number of fused-ring (bicyclic) bond motifs is 1. The summed E-state index contributed by atoms with van der Waals surface area (Å²) >= 11 is 0. The summed E-state index contributed by atoms with van der Waals surface area (Å²) in [6, 6.07) is 3.89. The van der Waals surface area contributed by atoms with E-state index in [1.54, 1.807) is 12.1 Å². The third-order valence-corrected chi connectivity index (χ3v) is 6.63. The van der Waals surface area contributed by atoms with Crippen molar-refractivity contribution in [3.63, 3.8) is 0 Å². The van der Waals surface area contributed by atoms with Gasteiger partial charge in [-0.2, -0.15) is 0 Å². The Hall–Kier alpha value is -2.33. The van der Waals surface area contributed by atoms with Crippen molar-refractivity contribution in [2.24, 2.45) is 11.8 Å². The van der Waals surface area contributed by atoms with E-state index in [-0.39, 0.29) is 42.3 Å². The number of anilines is 1. The first-order chi connectivity index (χ1) is 15.3. The highest BCUT2D eigenvalue weighted by Gasteiger charge is 2.42. The first kappa shape index (κ1) is 22.8. The maximum absolute atomic E-state index is 13.7. The molecular formula is C23H31FN4O4. The van der Waals surface area contributed by atoms with Crippen LogP contribution in [0.2, 0.25) is 0 Å². The molecule has 0 spiro atoms. The van der Waals surface area contributed by atoms with E-state index < -0.39 is 11.9 Å². The molecule has 0 bridgehead atoms. The first-order valence-corrected chi connectivity index (χ1v) is 11.2. The van der Waals surface area contributed by atoms with Crippen LogP contribution in [-0.4, -0.2) is 79.4 Å². The number of morpholine rings is 1. The number of halogens is 1. The topological polar surface area (TPSA) is 103 Å². The standard InChI is InChI=1S/C23H31FN4O4/c1-13-20(10-18-17-9-15(24)3-4-19(17)27-22(18)30)26-14(2)21(13)23(31)25-11-16(29)12-28-5-7-32-8-6-28/h3-4,9-10,13-14,16,20-21,26,29H,5-8,11-12H2,1-2H3,(H,25,31)(H,27,30)/b18-10-/t13?,14?,16-,20?,21?/m0/s1. The molecule has 8 nitrogen and oxygen atoms in total. The number of hydrogen-bond donors (Lipinski definition) is 4. The summed E-state index contributed by atoms with van der Waals surface area (Å²) in [4.78, 5) is 27.5. The van der Waals surface area contributed by atoms with Gasteiger partial charge in [0, 0.05) is 55.1 Å². The summed E-state index contributed by atoms with van der Waals surface area (Å²) in [6.45, 7) is 7.47. The number of hydrogen-bond acceptors (Lipinski definition) is 6.